The fourth-order valence-corrected chi connectivity index (χ4v) is 1.52. The Morgan fingerprint density at radius 3 is 2.30 bits per heavy atom. The number of guanidine groups is 1. The summed E-state index contributed by atoms with van der Waals surface area (Å²) in [7, 11) is 0. The summed E-state index contributed by atoms with van der Waals surface area (Å²) in [5, 5.41) is 15.3. The van der Waals surface area contributed by atoms with Crippen molar-refractivity contribution in [1.29, 1.82) is 5.26 Å². The summed E-state index contributed by atoms with van der Waals surface area (Å²) in [5.74, 6) is 0.805. The first-order valence-corrected chi connectivity index (χ1v) is 6.50. The van der Waals surface area contributed by atoms with Crippen molar-refractivity contribution in [3.8, 4) is 6.07 Å². The van der Waals surface area contributed by atoms with Crippen molar-refractivity contribution in [2.45, 2.75) is 39.8 Å². The molecular weight excluding hydrogens is 363 g/mol. The summed E-state index contributed by atoms with van der Waals surface area (Å²) in [6, 6.07) is 9.61. The number of hydrogen-bond donors (Lipinski definition) is 2. The van der Waals surface area contributed by atoms with Crippen LogP contribution in [0.1, 0.15) is 38.8 Å². The number of aliphatic imine (C=N–C) groups is 1. The molecule has 0 aliphatic carbocycles. The summed E-state index contributed by atoms with van der Waals surface area (Å²) in [5.41, 5.74) is 1.74. The Bertz CT molecular complexity index is 466. The topological polar surface area (TPSA) is 60.2 Å². The van der Waals surface area contributed by atoms with E-state index in [4.69, 9.17) is 5.26 Å². The second-order valence-electron chi connectivity index (χ2n) is 5.38. The van der Waals surface area contributed by atoms with Crippen LogP contribution in [0.4, 0.5) is 0 Å². The highest BCUT2D eigenvalue weighted by molar-refractivity contribution is 14.0. The standard InChI is InChI=1S/C15H22N4.HI/c1-5-17-14(19-15(2,3)4)18-11-13-8-6-12(10-16)7-9-13;/h6-9H,5,11H2,1-4H3,(H2,17,18,19);1H. The zero-order chi connectivity index (χ0) is 14.3. The molecule has 1 rings (SSSR count). The summed E-state index contributed by atoms with van der Waals surface area (Å²) in [4.78, 5) is 4.54. The molecule has 0 amide bonds. The summed E-state index contributed by atoms with van der Waals surface area (Å²) >= 11 is 0. The second-order valence-corrected chi connectivity index (χ2v) is 5.38. The lowest BCUT2D eigenvalue weighted by Gasteiger charge is -2.23. The van der Waals surface area contributed by atoms with Gasteiger partial charge in [0.15, 0.2) is 5.96 Å². The van der Waals surface area contributed by atoms with Crippen LogP contribution in [-0.4, -0.2) is 18.0 Å². The van der Waals surface area contributed by atoms with Gasteiger partial charge in [-0.15, -0.1) is 24.0 Å². The van der Waals surface area contributed by atoms with Gasteiger partial charge in [0.1, 0.15) is 0 Å². The lowest BCUT2D eigenvalue weighted by Crippen LogP contribution is -2.47. The van der Waals surface area contributed by atoms with Crippen LogP contribution in [0.5, 0.6) is 0 Å². The fourth-order valence-electron chi connectivity index (χ4n) is 1.52. The van der Waals surface area contributed by atoms with E-state index in [0.717, 1.165) is 18.1 Å². The van der Waals surface area contributed by atoms with Crippen LogP contribution in [0, 0.1) is 11.3 Å². The van der Waals surface area contributed by atoms with E-state index in [9.17, 15) is 0 Å². The van der Waals surface area contributed by atoms with Crippen LogP contribution in [0.2, 0.25) is 0 Å². The minimum atomic E-state index is -0.0222. The highest BCUT2D eigenvalue weighted by Gasteiger charge is 2.11. The Morgan fingerprint density at radius 2 is 1.85 bits per heavy atom. The number of hydrogen-bond acceptors (Lipinski definition) is 2. The number of rotatable bonds is 3. The molecule has 110 valence electrons. The highest BCUT2D eigenvalue weighted by Crippen LogP contribution is 2.05. The highest BCUT2D eigenvalue weighted by atomic mass is 127. The van der Waals surface area contributed by atoms with Crippen molar-refractivity contribution < 1.29 is 0 Å². The van der Waals surface area contributed by atoms with Gasteiger partial charge in [-0.2, -0.15) is 5.26 Å². The van der Waals surface area contributed by atoms with Gasteiger partial charge in [0.25, 0.3) is 0 Å². The van der Waals surface area contributed by atoms with E-state index in [-0.39, 0.29) is 29.5 Å². The SMILES string of the molecule is CCNC(=NCc1ccc(C#N)cc1)NC(C)(C)C.I. The Kier molecular flexibility index (Phi) is 8.23. The maximum Gasteiger partial charge on any atom is 0.191 e. The number of nitrogens with one attached hydrogen (secondary N) is 2. The van der Waals surface area contributed by atoms with Gasteiger partial charge in [-0.05, 0) is 45.4 Å². The minimum Gasteiger partial charge on any atom is -0.357 e. The molecule has 5 heteroatoms. The van der Waals surface area contributed by atoms with Gasteiger partial charge in [0.2, 0.25) is 0 Å². The Hall–Kier alpha value is -1.29. The zero-order valence-corrected chi connectivity index (χ0v) is 14.9. The summed E-state index contributed by atoms with van der Waals surface area (Å²) in [6.07, 6.45) is 0. The van der Waals surface area contributed by atoms with Gasteiger partial charge >= 0.3 is 0 Å². The first-order chi connectivity index (χ1) is 8.94. The molecular formula is C15H23IN4. The molecule has 2 N–H and O–H groups in total. The molecule has 0 aliphatic heterocycles. The van der Waals surface area contributed by atoms with E-state index < -0.39 is 0 Å². The van der Waals surface area contributed by atoms with Crippen LogP contribution >= 0.6 is 24.0 Å². The molecule has 4 nitrogen and oxygen atoms in total. The molecule has 20 heavy (non-hydrogen) atoms. The molecule has 0 radical (unpaired) electrons. The van der Waals surface area contributed by atoms with Gasteiger partial charge in [0, 0.05) is 12.1 Å². The molecule has 0 atom stereocenters. The third-order valence-electron chi connectivity index (χ3n) is 2.34. The average molecular weight is 386 g/mol. The van der Waals surface area contributed by atoms with Gasteiger partial charge in [-0.1, -0.05) is 12.1 Å². The van der Waals surface area contributed by atoms with E-state index >= 15 is 0 Å². The molecule has 0 bridgehead atoms. The van der Waals surface area contributed by atoms with E-state index in [0.29, 0.717) is 12.1 Å². The Balaban J connectivity index is 0.00000361. The quantitative estimate of drug-likeness (QED) is 0.477. The van der Waals surface area contributed by atoms with Gasteiger partial charge in [-0.25, -0.2) is 4.99 Å². The Morgan fingerprint density at radius 1 is 1.25 bits per heavy atom. The van der Waals surface area contributed by atoms with E-state index in [1.807, 2.05) is 31.2 Å². The van der Waals surface area contributed by atoms with Gasteiger partial charge in [-0.3, -0.25) is 0 Å². The largest absolute Gasteiger partial charge is 0.357 e. The van der Waals surface area contributed by atoms with Gasteiger partial charge in [0.05, 0.1) is 18.2 Å². The minimum absolute atomic E-state index is 0. The van der Waals surface area contributed by atoms with Crippen LogP contribution in [0.25, 0.3) is 0 Å². The number of nitrogens with zero attached hydrogens (tertiary/aromatic N) is 2. The molecule has 0 aliphatic rings. The fraction of sp³-hybridized carbons (Fsp3) is 0.467. The molecule has 0 aromatic heterocycles. The van der Waals surface area contributed by atoms with Gasteiger partial charge < -0.3 is 10.6 Å². The van der Waals surface area contributed by atoms with Crippen LogP contribution < -0.4 is 10.6 Å². The lowest BCUT2D eigenvalue weighted by atomic mass is 10.1. The van der Waals surface area contributed by atoms with Crippen LogP contribution in [-0.2, 0) is 6.54 Å². The average Bonchev–Trinajstić information content (AvgIpc) is 2.35. The van der Waals surface area contributed by atoms with Crippen molar-refractivity contribution in [2.24, 2.45) is 4.99 Å². The maximum atomic E-state index is 8.75. The third-order valence-corrected chi connectivity index (χ3v) is 2.34. The maximum absolute atomic E-state index is 8.75. The predicted octanol–water partition coefficient (Wildman–Crippen LogP) is 3.03. The lowest BCUT2D eigenvalue weighted by molar-refractivity contribution is 0.501. The molecule has 0 fully saturated rings. The molecule has 0 saturated carbocycles. The van der Waals surface area contributed by atoms with Crippen molar-refractivity contribution in [3.63, 3.8) is 0 Å². The monoisotopic (exact) mass is 386 g/mol. The molecule has 1 aromatic rings. The van der Waals surface area contributed by atoms with Crippen molar-refractivity contribution in [1.82, 2.24) is 10.6 Å². The molecule has 0 spiro atoms. The number of halogens is 1. The van der Waals surface area contributed by atoms with Crippen molar-refractivity contribution >= 4 is 29.9 Å². The first-order valence-electron chi connectivity index (χ1n) is 6.50. The smallest absolute Gasteiger partial charge is 0.191 e. The zero-order valence-electron chi connectivity index (χ0n) is 12.5. The van der Waals surface area contributed by atoms with E-state index in [2.05, 4.69) is 42.5 Å². The normalized spacial score (nSPS) is 11.2. The van der Waals surface area contributed by atoms with Crippen LogP contribution in [0.15, 0.2) is 29.3 Å². The predicted molar refractivity (Wildman–Crippen MR) is 94.3 cm³/mol. The second kappa shape index (κ2) is 8.80. The Labute approximate surface area is 138 Å². The van der Waals surface area contributed by atoms with Crippen molar-refractivity contribution in [3.05, 3.63) is 35.4 Å². The van der Waals surface area contributed by atoms with Crippen LogP contribution in [0.3, 0.4) is 0 Å². The molecule has 0 saturated heterocycles. The third kappa shape index (κ3) is 7.34. The first kappa shape index (κ1) is 18.7. The molecule has 0 unspecified atom stereocenters. The van der Waals surface area contributed by atoms with E-state index in [1.165, 1.54) is 0 Å². The number of benzene rings is 1. The molecule has 0 heterocycles. The van der Waals surface area contributed by atoms with E-state index in [1.54, 1.807) is 0 Å². The molecule has 1 aromatic carbocycles. The van der Waals surface area contributed by atoms with Crippen molar-refractivity contribution in [2.75, 3.05) is 6.54 Å². The summed E-state index contributed by atoms with van der Waals surface area (Å²) < 4.78 is 0. The summed E-state index contributed by atoms with van der Waals surface area (Å²) in [6.45, 7) is 9.76. The number of nitriles is 1.